The van der Waals surface area contributed by atoms with E-state index in [-0.39, 0.29) is 30.3 Å². The summed E-state index contributed by atoms with van der Waals surface area (Å²) in [4.78, 5) is 24.7. The van der Waals surface area contributed by atoms with Gasteiger partial charge in [-0.25, -0.2) is 4.79 Å². The molecule has 0 bridgehead atoms. The van der Waals surface area contributed by atoms with Crippen LogP contribution >= 0.6 is 44.3 Å². The van der Waals surface area contributed by atoms with Crippen molar-refractivity contribution in [1.29, 1.82) is 0 Å². The third-order valence-corrected chi connectivity index (χ3v) is 8.37. The first-order chi connectivity index (χ1) is 17.2. The quantitative estimate of drug-likeness (QED) is 0.285. The summed E-state index contributed by atoms with van der Waals surface area (Å²) < 4.78 is 7.21. The van der Waals surface area contributed by atoms with Crippen LogP contribution in [0.4, 0.5) is 0 Å². The van der Waals surface area contributed by atoms with Crippen molar-refractivity contribution in [1.82, 2.24) is 10.2 Å². The Balaban J connectivity index is 0.00000481. The van der Waals surface area contributed by atoms with E-state index in [1.165, 1.54) is 31.2 Å². The van der Waals surface area contributed by atoms with Crippen molar-refractivity contribution in [2.45, 2.75) is 46.0 Å². The normalized spacial score (nSPS) is 15.1. The summed E-state index contributed by atoms with van der Waals surface area (Å²) in [6, 6.07) is 13.3. The van der Waals surface area contributed by atoms with Gasteiger partial charge in [-0.2, -0.15) is 0 Å². The molecule has 1 saturated heterocycles. The van der Waals surface area contributed by atoms with Gasteiger partial charge in [0.15, 0.2) is 0 Å². The number of amides is 1. The summed E-state index contributed by atoms with van der Waals surface area (Å²) in [7, 11) is 0. The molecule has 1 aliphatic heterocycles. The number of likely N-dealkylation sites (tertiary alicyclic amines) is 1. The molecule has 1 fully saturated rings. The number of rotatable bonds is 12. The van der Waals surface area contributed by atoms with Gasteiger partial charge in [-0.05, 0) is 105 Å². The van der Waals surface area contributed by atoms with Crippen LogP contribution in [0, 0.1) is 19.3 Å². The molecule has 0 saturated carbocycles. The molecular weight excluding hydrogens is 624 g/mol. The van der Waals surface area contributed by atoms with E-state index in [0.29, 0.717) is 6.54 Å². The van der Waals surface area contributed by atoms with Crippen LogP contribution in [0.3, 0.4) is 0 Å². The summed E-state index contributed by atoms with van der Waals surface area (Å²) in [6.07, 6.45) is 5.15. The van der Waals surface area contributed by atoms with Crippen LogP contribution in [0.25, 0.3) is 0 Å². The summed E-state index contributed by atoms with van der Waals surface area (Å²) >= 11 is 7.61. The average molecular weight is 661 g/mol. The number of nitrogens with zero attached hydrogens (tertiary/aromatic N) is 1. The highest BCUT2D eigenvalue weighted by Gasteiger charge is 2.35. The lowest BCUT2D eigenvalue weighted by Gasteiger charge is -2.43. The molecule has 37 heavy (non-hydrogen) atoms. The zero-order valence-corrected chi connectivity index (χ0v) is 25.5. The number of carbonyl (C=O) groups excluding carboxylic acids is 1. The Bertz CT molecular complexity index is 1000. The Kier molecular flexibility index (Phi) is 13.1. The summed E-state index contributed by atoms with van der Waals surface area (Å²) in [5.41, 5.74) is 5.43. The van der Waals surface area contributed by atoms with Crippen LogP contribution in [0.2, 0.25) is 0 Å². The number of piperidine rings is 1. The molecule has 0 unspecified atom stereocenters. The molecule has 0 radical (unpaired) electrons. The van der Waals surface area contributed by atoms with Gasteiger partial charge in [-0.15, -0.1) is 12.4 Å². The largest absolute Gasteiger partial charge is 0.480 e. The lowest BCUT2D eigenvalue weighted by Crippen LogP contribution is -2.43. The second kappa shape index (κ2) is 15.2. The summed E-state index contributed by atoms with van der Waals surface area (Å²) in [5.74, 6) is -1.35. The molecule has 6 nitrogen and oxygen atoms in total. The van der Waals surface area contributed by atoms with E-state index in [2.05, 4.69) is 92.3 Å². The molecule has 1 amide bonds. The van der Waals surface area contributed by atoms with Crippen LogP contribution in [-0.4, -0.2) is 61.3 Å². The van der Waals surface area contributed by atoms with Crippen molar-refractivity contribution in [3.63, 3.8) is 0 Å². The minimum absolute atomic E-state index is 0. The lowest BCUT2D eigenvalue weighted by molar-refractivity contribution is -0.143. The van der Waals surface area contributed by atoms with Crippen LogP contribution in [0.5, 0.6) is 0 Å². The molecule has 2 aromatic carbocycles. The number of carbonyl (C=O) groups is 2. The van der Waals surface area contributed by atoms with Gasteiger partial charge in [0, 0.05) is 15.5 Å². The molecule has 2 aromatic rings. The molecule has 0 spiro atoms. The second-order valence-electron chi connectivity index (χ2n) is 9.97. The molecule has 2 N–H and O–H groups in total. The van der Waals surface area contributed by atoms with Crippen LogP contribution < -0.4 is 5.32 Å². The van der Waals surface area contributed by atoms with Crippen molar-refractivity contribution in [3.8, 4) is 0 Å². The number of halogens is 3. The number of nitrogens with one attached hydrogen (secondary N) is 1. The zero-order chi connectivity index (χ0) is 26.1. The predicted molar refractivity (Wildman–Crippen MR) is 157 cm³/mol. The summed E-state index contributed by atoms with van der Waals surface area (Å²) in [5, 5.41) is 11.4. The molecule has 0 aliphatic carbocycles. The molecule has 0 aromatic heterocycles. The first-order valence-corrected chi connectivity index (χ1v) is 14.0. The highest BCUT2D eigenvalue weighted by Crippen LogP contribution is 2.41. The Morgan fingerprint density at radius 3 is 2.00 bits per heavy atom. The van der Waals surface area contributed by atoms with Crippen LogP contribution in [0.15, 0.2) is 45.3 Å². The number of carboxylic acid groups (broad SMARTS) is 1. The minimum atomic E-state index is -1.08. The van der Waals surface area contributed by atoms with E-state index >= 15 is 0 Å². The maximum absolute atomic E-state index is 11.8. The number of carboxylic acids is 1. The van der Waals surface area contributed by atoms with E-state index in [1.54, 1.807) is 0 Å². The molecule has 204 valence electrons. The number of ether oxygens (including phenoxy) is 1. The van der Waals surface area contributed by atoms with E-state index in [9.17, 15) is 9.59 Å². The Morgan fingerprint density at radius 2 is 1.51 bits per heavy atom. The Labute approximate surface area is 243 Å². The smallest absolute Gasteiger partial charge is 0.329 e. The van der Waals surface area contributed by atoms with Gasteiger partial charge in [-0.3, -0.25) is 4.79 Å². The zero-order valence-electron chi connectivity index (χ0n) is 21.5. The third-order valence-electron chi connectivity index (χ3n) is 6.90. The van der Waals surface area contributed by atoms with Crippen LogP contribution in [0.1, 0.15) is 41.5 Å². The third kappa shape index (κ3) is 10.3. The molecule has 3 rings (SSSR count). The highest BCUT2D eigenvalue weighted by molar-refractivity contribution is 9.10. The van der Waals surface area contributed by atoms with Crippen LogP contribution in [-0.2, 0) is 27.2 Å². The predicted octanol–water partition coefficient (Wildman–Crippen LogP) is 5.73. The van der Waals surface area contributed by atoms with Gasteiger partial charge in [0.2, 0.25) is 5.91 Å². The van der Waals surface area contributed by atoms with Crippen molar-refractivity contribution >= 4 is 56.1 Å². The number of benzene rings is 2. The molecular formula is C28H37Br2ClN2O4. The molecule has 9 heteroatoms. The maximum Gasteiger partial charge on any atom is 0.329 e. The van der Waals surface area contributed by atoms with Crippen molar-refractivity contribution < 1.29 is 19.4 Å². The maximum atomic E-state index is 11.8. The van der Waals surface area contributed by atoms with E-state index in [1.807, 2.05) is 0 Å². The SMILES string of the molecule is Cc1ccc(CC2(Cc3ccc(C)cc3Br)CCN(CCCNC(=O)COCC(=O)O)CC2)c(Br)c1.Cl. The van der Waals surface area contributed by atoms with Gasteiger partial charge >= 0.3 is 5.97 Å². The van der Waals surface area contributed by atoms with Crippen molar-refractivity contribution in [2.75, 3.05) is 39.4 Å². The van der Waals surface area contributed by atoms with Gasteiger partial charge in [0.25, 0.3) is 0 Å². The first kappa shape index (κ1) is 31.8. The average Bonchev–Trinajstić information content (AvgIpc) is 2.81. The van der Waals surface area contributed by atoms with Gasteiger partial charge in [0.05, 0.1) is 0 Å². The van der Waals surface area contributed by atoms with E-state index < -0.39 is 12.6 Å². The minimum Gasteiger partial charge on any atom is -0.480 e. The molecule has 0 atom stereocenters. The fourth-order valence-corrected chi connectivity index (χ4v) is 6.15. The second-order valence-corrected chi connectivity index (χ2v) is 11.7. The van der Waals surface area contributed by atoms with Gasteiger partial charge in [0.1, 0.15) is 13.2 Å². The lowest BCUT2D eigenvalue weighted by atomic mass is 9.70. The number of hydrogen-bond donors (Lipinski definition) is 2. The fourth-order valence-electron chi connectivity index (χ4n) is 4.88. The number of hydrogen-bond acceptors (Lipinski definition) is 4. The topological polar surface area (TPSA) is 78.9 Å². The molecule has 1 heterocycles. The van der Waals surface area contributed by atoms with Crippen molar-refractivity contribution in [2.24, 2.45) is 5.41 Å². The van der Waals surface area contributed by atoms with E-state index in [4.69, 9.17) is 9.84 Å². The monoisotopic (exact) mass is 658 g/mol. The van der Waals surface area contributed by atoms with Gasteiger partial charge in [-0.1, -0.05) is 56.1 Å². The highest BCUT2D eigenvalue weighted by atomic mass is 79.9. The number of aliphatic carboxylic acids is 1. The molecule has 1 aliphatic rings. The summed E-state index contributed by atoms with van der Waals surface area (Å²) in [6.45, 7) is 7.11. The van der Waals surface area contributed by atoms with Gasteiger partial charge < -0.3 is 20.1 Å². The Morgan fingerprint density at radius 1 is 0.973 bits per heavy atom. The first-order valence-electron chi connectivity index (χ1n) is 12.4. The Hall–Kier alpha value is -1.45. The number of aryl methyl sites for hydroxylation is 2. The van der Waals surface area contributed by atoms with E-state index in [0.717, 1.165) is 51.7 Å². The van der Waals surface area contributed by atoms with Crippen molar-refractivity contribution in [3.05, 3.63) is 67.6 Å². The fraction of sp³-hybridized carbons (Fsp3) is 0.500. The standard InChI is InChI=1S/C28H36Br2N2O4.ClH/c1-20-4-6-22(24(29)14-20)16-28(17-23-7-5-21(2)15-25(23)30)8-12-32(13-9-28)11-3-10-31-26(33)18-36-19-27(34)35;/h4-7,14-15H,3,8-13,16-19H2,1-2H3,(H,31,33)(H,34,35);1H.